The Bertz CT molecular complexity index is 369. The average Bonchev–Trinajstić information content (AvgIpc) is 2.86. The number of esters is 1. The molecule has 6 atom stereocenters. The quantitative estimate of drug-likeness (QED) is 0.533. The largest absolute Gasteiger partial charge is 0.458 e. The smallest absolute Gasteiger partial charge is 0.321 e. The molecule has 0 radical (unpaired) electrons. The number of hydrogen-bond acceptors (Lipinski definition) is 2. The van der Waals surface area contributed by atoms with Gasteiger partial charge in [-0.15, -0.1) is 11.6 Å². The van der Waals surface area contributed by atoms with Crippen molar-refractivity contribution < 1.29 is 9.53 Å². The van der Waals surface area contributed by atoms with E-state index in [1.165, 1.54) is 19.3 Å². The van der Waals surface area contributed by atoms with Crippen molar-refractivity contribution in [2.24, 2.45) is 29.1 Å². The number of halogens is 1. The van der Waals surface area contributed by atoms with E-state index in [2.05, 4.69) is 6.92 Å². The van der Waals surface area contributed by atoms with Crippen molar-refractivity contribution in [2.75, 3.05) is 5.88 Å². The number of carbonyl (C=O) groups is 1. The predicted molar refractivity (Wildman–Crippen MR) is 55.5 cm³/mol. The van der Waals surface area contributed by atoms with Crippen LogP contribution in [0.2, 0.25) is 0 Å². The van der Waals surface area contributed by atoms with Crippen LogP contribution in [0, 0.1) is 29.1 Å². The normalized spacial score (nSPS) is 62.3. The summed E-state index contributed by atoms with van der Waals surface area (Å²) in [5.74, 6) is 2.94. The van der Waals surface area contributed by atoms with Crippen LogP contribution in [0.5, 0.6) is 0 Å². The molecule has 82 valence electrons. The van der Waals surface area contributed by atoms with Gasteiger partial charge in [0, 0.05) is 11.8 Å². The van der Waals surface area contributed by atoms with E-state index in [9.17, 15) is 4.79 Å². The third-order valence-electron chi connectivity index (χ3n) is 5.86. The molecular weight excluding hydrogens is 212 g/mol. The molecule has 6 unspecified atom stereocenters. The molecule has 0 amide bonds. The zero-order valence-electron chi connectivity index (χ0n) is 8.83. The maximum Gasteiger partial charge on any atom is 0.321 e. The molecule has 0 aromatic carbocycles. The predicted octanol–water partition coefficient (Wildman–Crippen LogP) is 2.20. The van der Waals surface area contributed by atoms with Crippen molar-refractivity contribution in [1.82, 2.24) is 0 Å². The van der Waals surface area contributed by atoms with Gasteiger partial charge in [0.2, 0.25) is 0 Å². The Morgan fingerprint density at radius 2 is 2.27 bits per heavy atom. The number of carbonyl (C=O) groups excluding carboxylic acids is 1. The average molecular weight is 227 g/mol. The highest BCUT2D eigenvalue weighted by molar-refractivity contribution is 6.26. The summed E-state index contributed by atoms with van der Waals surface area (Å²) >= 11 is 5.50. The summed E-state index contributed by atoms with van der Waals surface area (Å²) in [4.78, 5) is 11.3. The molecule has 4 saturated carbocycles. The second-order valence-corrected chi connectivity index (χ2v) is 6.37. The Labute approximate surface area is 94.3 Å². The molecule has 0 N–H and O–H groups in total. The van der Waals surface area contributed by atoms with Crippen LogP contribution in [0.1, 0.15) is 26.2 Å². The second kappa shape index (κ2) is 2.22. The molecule has 0 saturated heterocycles. The SMILES string of the molecule is CC1(OC(=O)CCl)C2CC3CC34CC1C24. The van der Waals surface area contributed by atoms with E-state index >= 15 is 0 Å². The van der Waals surface area contributed by atoms with E-state index in [1.54, 1.807) is 0 Å². The molecule has 4 aliphatic carbocycles. The summed E-state index contributed by atoms with van der Waals surface area (Å²) in [7, 11) is 0. The number of ether oxygens (including phenoxy) is 1. The molecule has 3 heteroatoms. The molecule has 1 spiro atoms. The summed E-state index contributed by atoms with van der Waals surface area (Å²) in [6.07, 6.45) is 4.07. The maximum atomic E-state index is 11.3. The van der Waals surface area contributed by atoms with Crippen LogP contribution in [0.4, 0.5) is 0 Å². The van der Waals surface area contributed by atoms with E-state index in [1.807, 2.05) is 0 Å². The number of rotatable bonds is 2. The highest BCUT2D eigenvalue weighted by Crippen LogP contribution is 2.88. The van der Waals surface area contributed by atoms with Gasteiger partial charge in [-0.05, 0) is 43.4 Å². The minimum absolute atomic E-state index is 0.00569. The first kappa shape index (κ1) is 8.86. The Morgan fingerprint density at radius 1 is 1.47 bits per heavy atom. The zero-order valence-corrected chi connectivity index (χ0v) is 9.59. The number of alkyl halides is 1. The summed E-state index contributed by atoms with van der Waals surface area (Å²) < 4.78 is 5.58. The van der Waals surface area contributed by atoms with Crippen molar-refractivity contribution in [3.63, 3.8) is 0 Å². The van der Waals surface area contributed by atoms with Crippen LogP contribution in [0.25, 0.3) is 0 Å². The van der Waals surface area contributed by atoms with Gasteiger partial charge in [-0.25, -0.2) is 0 Å². The molecule has 4 aliphatic rings. The maximum absolute atomic E-state index is 11.3. The fourth-order valence-corrected chi connectivity index (χ4v) is 5.21. The lowest BCUT2D eigenvalue weighted by atomic mass is 9.41. The van der Waals surface area contributed by atoms with E-state index < -0.39 is 0 Å². The first-order valence-electron chi connectivity index (χ1n) is 5.89. The van der Waals surface area contributed by atoms with Gasteiger partial charge in [-0.2, -0.15) is 0 Å². The Hall–Kier alpha value is -0.240. The van der Waals surface area contributed by atoms with E-state index in [-0.39, 0.29) is 17.5 Å². The molecule has 0 bridgehead atoms. The lowest BCUT2D eigenvalue weighted by molar-refractivity contribution is -0.264. The topological polar surface area (TPSA) is 26.3 Å². The van der Waals surface area contributed by atoms with Crippen LogP contribution in [0.15, 0.2) is 0 Å². The Morgan fingerprint density at radius 3 is 3.00 bits per heavy atom. The second-order valence-electron chi connectivity index (χ2n) is 6.10. The molecule has 0 aromatic rings. The van der Waals surface area contributed by atoms with Crippen molar-refractivity contribution >= 4 is 17.6 Å². The van der Waals surface area contributed by atoms with Crippen LogP contribution < -0.4 is 0 Å². The van der Waals surface area contributed by atoms with Crippen LogP contribution in [-0.4, -0.2) is 17.5 Å². The molecule has 0 heterocycles. The van der Waals surface area contributed by atoms with E-state index in [0.29, 0.717) is 11.8 Å². The molecule has 15 heavy (non-hydrogen) atoms. The Kier molecular flexibility index (Phi) is 1.31. The van der Waals surface area contributed by atoms with Crippen LogP contribution in [0.3, 0.4) is 0 Å². The van der Waals surface area contributed by atoms with Crippen LogP contribution in [-0.2, 0) is 9.53 Å². The monoisotopic (exact) mass is 226 g/mol. The standard InChI is InChI=1S/C12H15ClO2/c1-11(15-9(14)5-13)7-2-6-3-12(6)4-8(11)10(7)12/h6-8,10H,2-5H2,1H3. The third-order valence-corrected chi connectivity index (χ3v) is 6.08. The summed E-state index contributed by atoms with van der Waals surface area (Å²) in [5.41, 5.74) is 0.581. The third kappa shape index (κ3) is 0.739. The highest BCUT2D eigenvalue weighted by Gasteiger charge is 2.85. The first-order valence-corrected chi connectivity index (χ1v) is 6.43. The molecule has 2 nitrogen and oxygen atoms in total. The van der Waals surface area contributed by atoms with Crippen molar-refractivity contribution in [1.29, 1.82) is 0 Å². The van der Waals surface area contributed by atoms with Gasteiger partial charge in [0.15, 0.2) is 0 Å². The van der Waals surface area contributed by atoms with Gasteiger partial charge in [0.1, 0.15) is 11.5 Å². The van der Waals surface area contributed by atoms with Gasteiger partial charge in [-0.3, -0.25) is 4.79 Å². The van der Waals surface area contributed by atoms with Gasteiger partial charge in [0.05, 0.1) is 0 Å². The minimum Gasteiger partial charge on any atom is -0.458 e. The van der Waals surface area contributed by atoms with Crippen molar-refractivity contribution in [3.8, 4) is 0 Å². The van der Waals surface area contributed by atoms with Crippen LogP contribution >= 0.6 is 11.6 Å². The summed E-state index contributed by atoms with van der Waals surface area (Å²) in [5, 5.41) is 0. The molecular formula is C12H15ClO2. The van der Waals surface area contributed by atoms with Gasteiger partial charge in [0.25, 0.3) is 0 Å². The first-order chi connectivity index (χ1) is 7.12. The zero-order chi connectivity index (χ0) is 10.4. The van der Waals surface area contributed by atoms with Crippen molar-refractivity contribution in [2.45, 2.75) is 31.8 Å². The molecule has 4 rings (SSSR count). The fraction of sp³-hybridized carbons (Fsp3) is 0.917. The lowest BCUT2D eigenvalue weighted by Gasteiger charge is -2.66. The van der Waals surface area contributed by atoms with Gasteiger partial charge >= 0.3 is 5.97 Å². The molecule has 4 fully saturated rings. The lowest BCUT2D eigenvalue weighted by Crippen LogP contribution is -2.69. The summed E-state index contributed by atoms with van der Waals surface area (Å²) in [6.45, 7) is 2.13. The van der Waals surface area contributed by atoms with Gasteiger partial charge < -0.3 is 4.74 Å². The minimum atomic E-state index is -0.237. The van der Waals surface area contributed by atoms with E-state index in [4.69, 9.17) is 16.3 Å². The highest BCUT2D eigenvalue weighted by atomic mass is 35.5. The molecule has 0 aromatic heterocycles. The summed E-state index contributed by atoms with van der Waals surface area (Å²) in [6, 6.07) is 0. The molecule has 0 aliphatic heterocycles. The Balaban J connectivity index is 1.58. The van der Waals surface area contributed by atoms with Crippen molar-refractivity contribution in [3.05, 3.63) is 0 Å². The van der Waals surface area contributed by atoms with Gasteiger partial charge in [-0.1, -0.05) is 0 Å². The number of hydrogen-bond donors (Lipinski definition) is 0. The van der Waals surface area contributed by atoms with E-state index in [0.717, 1.165) is 17.3 Å². The fourth-order valence-electron chi connectivity index (χ4n) is 5.15.